The van der Waals surface area contributed by atoms with Gasteiger partial charge in [-0.25, -0.2) is 4.79 Å². The van der Waals surface area contributed by atoms with E-state index in [-0.39, 0.29) is 24.1 Å². The molecule has 1 aliphatic heterocycles. The number of nitrogens with two attached hydrogens (primary N) is 1. The molecule has 2 aromatic rings. The first-order chi connectivity index (χ1) is 13.8. The number of rotatable bonds is 5. The lowest BCUT2D eigenvalue weighted by Crippen LogP contribution is -2.45. The van der Waals surface area contributed by atoms with Crippen LogP contribution in [0.25, 0.3) is 11.1 Å². The van der Waals surface area contributed by atoms with Crippen LogP contribution in [0.15, 0.2) is 30.6 Å². The van der Waals surface area contributed by atoms with E-state index >= 15 is 0 Å². The van der Waals surface area contributed by atoms with Crippen molar-refractivity contribution in [2.75, 3.05) is 11.4 Å². The van der Waals surface area contributed by atoms with E-state index in [2.05, 4.69) is 10.4 Å². The number of carbonyl (C=O) groups excluding carboxylic acids is 2. The third-order valence-corrected chi connectivity index (χ3v) is 4.98. The molecule has 0 spiro atoms. The molecule has 2 amide bonds. The van der Waals surface area contributed by atoms with Gasteiger partial charge < -0.3 is 20.7 Å². The fraction of sp³-hybridized carbons (Fsp3) is 0.476. The van der Waals surface area contributed by atoms with Gasteiger partial charge in [0.1, 0.15) is 0 Å². The van der Waals surface area contributed by atoms with Crippen LogP contribution in [0.1, 0.15) is 45.7 Å². The van der Waals surface area contributed by atoms with E-state index < -0.39 is 6.09 Å². The van der Waals surface area contributed by atoms with Gasteiger partial charge in [0.25, 0.3) is 0 Å². The van der Waals surface area contributed by atoms with Crippen molar-refractivity contribution in [2.24, 2.45) is 5.73 Å². The molecule has 1 aromatic heterocycles. The summed E-state index contributed by atoms with van der Waals surface area (Å²) in [5.41, 5.74) is 9.23. The predicted molar refractivity (Wildman–Crippen MR) is 111 cm³/mol. The fourth-order valence-electron chi connectivity index (χ4n) is 3.82. The summed E-state index contributed by atoms with van der Waals surface area (Å²) in [6.07, 6.45) is 3.68. The van der Waals surface area contributed by atoms with Gasteiger partial charge in [0.15, 0.2) is 0 Å². The summed E-state index contributed by atoms with van der Waals surface area (Å²) in [5.74, 6) is -0.0227. The summed E-state index contributed by atoms with van der Waals surface area (Å²) in [5, 5.41) is 7.30. The number of hydrogen-bond donors (Lipinski definition) is 2. The highest BCUT2D eigenvalue weighted by atomic mass is 16.6. The molecular weight excluding hydrogens is 370 g/mol. The second-order valence-corrected chi connectivity index (χ2v) is 7.68. The van der Waals surface area contributed by atoms with Crippen LogP contribution in [0.2, 0.25) is 0 Å². The number of alkyl carbamates (subject to hydrolysis) is 1. The van der Waals surface area contributed by atoms with Crippen molar-refractivity contribution in [3.63, 3.8) is 0 Å². The summed E-state index contributed by atoms with van der Waals surface area (Å²) in [4.78, 5) is 26.3. The molecule has 1 aromatic carbocycles. The molecule has 0 aliphatic carbocycles. The van der Waals surface area contributed by atoms with Crippen LogP contribution in [0.5, 0.6) is 0 Å². The Labute approximate surface area is 171 Å². The van der Waals surface area contributed by atoms with Crippen molar-refractivity contribution in [3.05, 3.63) is 36.2 Å². The minimum Gasteiger partial charge on any atom is -0.447 e. The molecule has 8 heteroatoms. The maximum absolute atomic E-state index is 12.3. The number of benzene rings is 1. The van der Waals surface area contributed by atoms with E-state index in [1.807, 2.05) is 45.2 Å². The van der Waals surface area contributed by atoms with Gasteiger partial charge in [-0.15, -0.1) is 0 Å². The zero-order valence-electron chi connectivity index (χ0n) is 17.4. The summed E-state index contributed by atoms with van der Waals surface area (Å²) in [6, 6.07) is 5.63. The van der Waals surface area contributed by atoms with Gasteiger partial charge in [-0.2, -0.15) is 5.10 Å². The van der Waals surface area contributed by atoms with Gasteiger partial charge in [-0.3, -0.25) is 9.48 Å². The first kappa shape index (κ1) is 20.9. The van der Waals surface area contributed by atoms with Gasteiger partial charge in [0.2, 0.25) is 5.91 Å². The molecule has 0 saturated carbocycles. The molecule has 2 atom stereocenters. The van der Waals surface area contributed by atoms with Crippen molar-refractivity contribution in [1.82, 2.24) is 15.1 Å². The van der Waals surface area contributed by atoms with Gasteiger partial charge in [-0.05, 0) is 50.5 Å². The Kier molecular flexibility index (Phi) is 6.22. The zero-order valence-corrected chi connectivity index (χ0v) is 17.4. The molecule has 8 nitrogen and oxygen atoms in total. The summed E-state index contributed by atoms with van der Waals surface area (Å²) >= 11 is 0. The van der Waals surface area contributed by atoms with Crippen molar-refractivity contribution in [1.29, 1.82) is 0 Å². The maximum atomic E-state index is 12.3. The number of hydrogen-bond acceptors (Lipinski definition) is 5. The molecule has 156 valence electrons. The standard InChI is InChI=1S/C21H29N5O3/c1-13(2)29-21(28)24-19-9-14(3)26(15(4)27)20-6-5-16(10-18(19)20)17-11-23-25(12-17)8-7-22/h5-6,10-14,19H,7-9,22H2,1-4H3,(H,24,28)/t14-,19+/m0/s1. The molecule has 3 N–H and O–H groups in total. The van der Waals surface area contributed by atoms with E-state index in [4.69, 9.17) is 10.5 Å². The maximum Gasteiger partial charge on any atom is 0.407 e. The van der Waals surface area contributed by atoms with E-state index in [1.165, 1.54) is 0 Å². The zero-order chi connectivity index (χ0) is 21.1. The molecule has 2 heterocycles. The Hall–Kier alpha value is -2.87. The van der Waals surface area contributed by atoms with Crippen molar-refractivity contribution < 1.29 is 14.3 Å². The molecule has 0 unspecified atom stereocenters. The summed E-state index contributed by atoms with van der Waals surface area (Å²) in [6.45, 7) is 8.33. The summed E-state index contributed by atoms with van der Waals surface area (Å²) in [7, 11) is 0. The SMILES string of the molecule is CC(=O)N1c2ccc(-c3cnn(CCN)c3)cc2[C@H](NC(=O)OC(C)C)C[C@@H]1C. The molecule has 0 saturated heterocycles. The average Bonchev–Trinajstić information content (AvgIpc) is 3.09. The molecule has 0 fully saturated rings. The lowest BCUT2D eigenvalue weighted by molar-refractivity contribution is -0.117. The van der Waals surface area contributed by atoms with Crippen molar-refractivity contribution >= 4 is 17.7 Å². The van der Waals surface area contributed by atoms with Crippen LogP contribution in [-0.2, 0) is 16.1 Å². The van der Waals surface area contributed by atoms with Crippen LogP contribution >= 0.6 is 0 Å². The number of amides is 2. The number of carbonyl (C=O) groups is 2. The third-order valence-electron chi connectivity index (χ3n) is 4.98. The van der Waals surface area contributed by atoms with Crippen LogP contribution in [-0.4, -0.2) is 40.5 Å². The topological polar surface area (TPSA) is 102 Å². The smallest absolute Gasteiger partial charge is 0.407 e. The second kappa shape index (κ2) is 8.65. The van der Waals surface area contributed by atoms with Gasteiger partial charge in [0, 0.05) is 37.0 Å². The quantitative estimate of drug-likeness (QED) is 0.805. The first-order valence-corrected chi connectivity index (χ1v) is 9.94. The summed E-state index contributed by atoms with van der Waals surface area (Å²) < 4.78 is 7.07. The Balaban J connectivity index is 1.98. The van der Waals surface area contributed by atoms with Crippen LogP contribution < -0.4 is 16.0 Å². The van der Waals surface area contributed by atoms with Gasteiger partial charge >= 0.3 is 6.09 Å². The first-order valence-electron chi connectivity index (χ1n) is 9.94. The predicted octanol–water partition coefficient (Wildman–Crippen LogP) is 2.83. The number of nitrogens with one attached hydrogen (secondary N) is 1. The van der Waals surface area contributed by atoms with Crippen LogP contribution in [0.3, 0.4) is 0 Å². The average molecular weight is 399 g/mol. The molecular formula is C21H29N5O3. The van der Waals surface area contributed by atoms with E-state index in [1.54, 1.807) is 22.7 Å². The van der Waals surface area contributed by atoms with Crippen LogP contribution in [0, 0.1) is 0 Å². The highest BCUT2D eigenvalue weighted by Gasteiger charge is 2.33. The van der Waals surface area contributed by atoms with E-state index in [9.17, 15) is 9.59 Å². The Morgan fingerprint density at radius 2 is 2.10 bits per heavy atom. The number of anilines is 1. The molecule has 1 aliphatic rings. The number of nitrogens with zero attached hydrogens (tertiary/aromatic N) is 3. The largest absolute Gasteiger partial charge is 0.447 e. The highest BCUT2D eigenvalue weighted by molar-refractivity contribution is 5.94. The van der Waals surface area contributed by atoms with Crippen LogP contribution in [0.4, 0.5) is 10.5 Å². The Bertz CT molecular complexity index is 892. The fourth-order valence-corrected chi connectivity index (χ4v) is 3.82. The highest BCUT2D eigenvalue weighted by Crippen LogP contribution is 2.39. The van der Waals surface area contributed by atoms with Crippen molar-refractivity contribution in [3.8, 4) is 11.1 Å². The number of fused-ring (bicyclic) bond motifs is 1. The number of ether oxygens (including phenoxy) is 1. The minimum absolute atomic E-state index is 0.0227. The normalized spacial score (nSPS) is 18.5. The molecule has 0 bridgehead atoms. The minimum atomic E-state index is -0.458. The Morgan fingerprint density at radius 1 is 1.34 bits per heavy atom. The van der Waals surface area contributed by atoms with Gasteiger partial charge in [0.05, 0.1) is 24.9 Å². The lowest BCUT2D eigenvalue weighted by atomic mass is 9.89. The van der Waals surface area contributed by atoms with E-state index in [0.29, 0.717) is 19.5 Å². The van der Waals surface area contributed by atoms with Gasteiger partial charge in [-0.1, -0.05) is 6.07 Å². The molecule has 29 heavy (non-hydrogen) atoms. The Morgan fingerprint density at radius 3 is 2.76 bits per heavy atom. The number of aromatic nitrogens is 2. The second-order valence-electron chi connectivity index (χ2n) is 7.68. The van der Waals surface area contributed by atoms with Crippen molar-refractivity contribution in [2.45, 2.75) is 58.8 Å². The molecule has 0 radical (unpaired) electrons. The monoisotopic (exact) mass is 399 g/mol. The third kappa shape index (κ3) is 4.59. The van der Waals surface area contributed by atoms with E-state index in [0.717, 1.165) is 22.4 Å². The lowest BCUT2D eigenvalue weighted by Gasteiger charge is -2.39. The molecule has 3 rings (SSSR count).